The molecular formula is C24H26O3. The lowest BCUT2D eigenvalue weighted by Crippen LogP contribution is -2.49. The van der Waals surface area contributed by atoms with Gasteiger partial charge in [-0.3, -0.25) is 4.79 Å². The molecule has 0 aliphatic heterocycles. The van der Waals surface area contributed by atoms with Gasteiger partial charge in [0.1, 0.15) is 17.1 Å². The Hall–Kier alpha value is -2.39. The molecule has 0 bridgehead atoms. The van der Waals surface area contributed by atoms with Gasteiger partial charge < -0.3 is 9.84 Å². The number of Topliss-reactive ketones (excluding diaryl/α,β-unsaturated/α-hetero) is 1. The van der Waals surface area contributed by atoms with Gasteiger partial charge in [-0.05, 0) is 54.9 Å². The maximum Gasteiger partial charge on any atom is 0.139 e. The molecule has 0 spiro atoms. The predicted octanol–water partition coefficient (Wildman–Crippen LogP) is 4.75. The molecule has 0 heterocycles. The molecule has 0 saturated heterocycles. The Labute approximate surface area is 160 Å². The molecule has 4 rings (SSSR count). The van der Waals surface area contributed by atoms with Gasteiger partial charge in [-0.15, -0.1) is 0 Å². The first-order valence-electron chi connectivity index (χ1n) is 9.77. The van der Waals surface area contributed by atoms with Gasteiger partial charge in [0.05, 0.1) is 13.0 Å². The number of fused-ring (bicyclic) bond motifs is 1. The summed E-state index contributed by atoms with van der Waals surface area (Å²) in [6, 6.07) is 17.8. The van der Waals surface area contributed by atoms with E-state index in [0.717, 1.165) is 30.6 Å². The molecule has 2 fully saturated rings. The van der Waals surface area contributed by atoms with Crippen molar-refractivity contribution >= 4 is 11.9 Å². The molecular weight excluding hydrogens is 336 g/mol. The molecule has 0 unspecified atom stereocenters. The van der Waals surface area contributed by atoms with E-state index in [1.165, 1.54) is 11.1 Å². The fraction of sp³-hybridized carbons (Fsp3) is 0.375. The molecule has 3 nitrogen and oxygen atoms in total. The van der Waals surface area contributed by atoms with Crippen LogP contribution in [0.15, 0.2) is 60.2 Å². The summed E-state index contributed by atoms with van der Waals surface area (Å²) >= 11 is 0. The third-order valence-electron chi connectivity index (χ3n) is 6.21. The third-order valence-corrected chi connectivity index (χ3v) is 6.21. The zero-order chi connectivity index (χ0) is 18.9. The highest BCUT2D eigenvalue weighted by atomic mass is 16.5. The number of carbonyl (C=O) groups is 1. The lowest BCUT2D eigenvalue weighted by molar-refractivity contribution is -0.144. The van der Waals surface area contributed by atoms with E-state index in [9.17, 15) is 9.90 Å². The van der Waals surface area contributed by atoms with Gasteiger partial charge in [0.15, 0.2) is 0 Å². The first-order valence-corrected chi connectivity index (χ1v) is 9.77. The summed E-state index contributed by atoms with van der Waals surface area (Å²) < 4.78 is 5.24. The van der Waals surface area contributed by atoms with E-state index in [0.29, 0.717) is 12.8 Å². The monoisotopic (exact) mass is 362 g/mol. The van der Waals surface area contributed by atoms with Crippen LogP contribution in [-0.4, -0.2) is 18.0 Å². The number of benzene rings is 2. The van der Waals surface area contributed by atoms with Gasteiger partial charge in [-0.25, -0.2) is 0 Å². The first-order chi connectivity index (χ1) is 13.1. The highest BCUT2D eigenvalue weighted by Crippen LogP contribution is 2.52. The van der Waals surface area contributed by atoms with Crippen molar-refractivity contribution in [3.8, 4) is 5.75 Å². The number of ether oxygens (including phenoxy) is 1. The quantitative estimate of drug-likeness (QED) is 0.857. The van der Waals surface area contributed by atoms with Crippen LogP contribution in [0.1, 0.15) is 43.2 Å². The second-order valence-corrected chi connectivity index (χ2v) is 7.73. The molecule has 0 radical (unpaired) electrons. The zero-order valence-corrected chi connectivity index (χ0v) is 15.7. The molecule has 2 aromatic rings. The molecule has 2 saturated carbocycles. The minimum atomic E-state index is -1.09. The van der Waals surface area contributed by atoms with Crippen LogP contribution >= 0.6 is 0 Å². The molecule has 3 atom stereocenters. The SMILES string of the molecule is COc1ccc([C@@]2(O)CC/C(=C\c3ccccc3)[C@H]3CCCC(=O)[C@@H]32)cc1. The average Bonchev–Trinajstić information content (AvgIpc) is 2.71. The Bertz CT molecular complexity index is 838. The van der Waals surface area contributed by atoms with Crippen molar-refractivity contribution in [3.63, 3.8) is 0 Å². The summed E-state index contributed by atoms with van der Waals surface area (Å²) in [5.74, 6) is 0.716. The minimum absolute atomic E-state index is 0.118. The van der Waals surface area contributed by atoms with Gasteiger partial charge in [0, 0.05) is 6.42 Å². The predicted molar refractivity (Wildman–Crippen MR) is 106 cm³/mol. The van der Waals surface area contributed by atoms with E-state index in [1.807, 2.05) is 42.5 Å². The summed E-state index contributed by atoms with van der Waals surface area (Å²) in [5.41, 5.74) is 2.20. The Balaban J connectivity index is 1.72. The lowest BCUT2D eigenvalue weighted by atomic mass is 9.58. The number of ketones is 1. The molecule has 2 aliphatic rings. The summed E-state index contributed by atoms with van der Waals surface area (Å²) in [4.78, 5) is 12.9. The van der Waals surface area contributed by atoms with Crippen LogP contribution in [0.25, 0.3) is 6.08 Å². The summed E-state index contributed by atoms with van der Waals surface area (Å²) in [7, 11) is 1.63. The van der Waals surface area contributed by atoms with Crippen LogP contribution in [0, 0.1) is 11.8 Å². The van der Waals surface area contributed by atoms with Crippen molar-refractivity contribution in [3.05, 3.63) is 71.3 Å². The number of hydrogen-bond donors (Lipinski definition) is 1. The van der Waals surface area contributed by atoms with Crippen molar-refractivity contribution in [2.45, 2.75) is 37.7 Å². The highest BCUT2D eigenvalue weighted by Gasteiger charge is 2.51. The zero-order valence-electron chi connectivity index (χ0n) is 15.7. The fourth-order valence-electron chi connectivity index (χ4n) is 4.86. The van der Waals surface area contributed by atoms with Gasteiger partial charge in [0.25, 0.3) is 0 Å². The smallest absolute Gasteiger partial charge is 0.139 e. The van der Waals surface area contributed by atoms with Crippen molar-refractivity contribution in [1.82, 2.24) is 0 Å². The van der Waals surface area contributed by atoms with Gasteiger partial charge in [-0.1, -0.05) is 54.1 Å². The third kappa shape index (κ3) is 3.32. The summed E-state index contributed by atoms with van der Waals surface area (Å²) in [6.07, 6.45) is 6.05. The van der Waals surface area contributed by atoms with Crippen LogP contribution in [-0.2, 0) is 10.4 Å². The summed E-state index contributed by atoms with van der Waals surface area (Å²) in [5, 5.41) is 11.7. The molecule has 0 aromatic heterocycles. The van der Waals surface area contributed by atoms with Crippen molar-refractivity contribution < 1.29 is 14.6 Å². The molecule has 3 heteroatoms. The number of allylic oxidation sites excluding steroid dienone is 1. The van der Waals surface area contributed by atoms with Gasteiger partial charge in [0.2, 0.25) is 0 Å². The first kappa shape index (κ1) is 18.0. The maximum absolute atomic E-state index is 12.9. The largest absolute Gasteiger partial charge is 0.497 e. The number of methoxy groups -OCH3 is 1. The van der Waals surface area contributed by atoms with Crippen LogP contribution in [0.4, 0.5) is 0 Å². The average molecular weight is 362 g/mol. The molecule has 2 aliphatic carbocycles. The van der Waals surface area contributed by atoms with Crippen LogP contribution in [0.2, 0.25) is 0 Å². The van der Waals surface area contributed by atoms with E-state index in [1.54, 1.807) is 7.11 Å². The van der Waals surface area contributed by atoms with Crippen molar-refractivity contribution in [1.29, 1.82) is 0 Å². The highest BCUT2D eigenvalue weighted by molar-refractivity contribution is 5.84. The Morgan fingerprint density at radius 3 is 2.52 bits per heavy atom. The minimum Gasteiger partial charge on any atom is -0.497 e. The van der Waals surface area contributed by atoms with Gasteiger partial charge >= 0.3 is 0 Å². The molecule has 140 valence electrons. The van der Waals surface area contributed by atoms with Crippen molar-refractivity contribution in [2.24, 2.45) is 11.8 Å². The number of aliphatic hydroxyl groups is 1. The normalized spacial score (nSPS) is 29.4. The Morgan fingerprint density at radius 1 is 1.07 bits per heavy atom. The Kier molecular flexibility index (Phi) is 4.88. The number of carbonyl (C=O) groups excluding carboxylic acids is 1. The Morgan fingerprint density at radius 2 is 1.81 bits per heavy atom. The molecule has 27 heavy (non-hydrogen) atoms. The topological polar surface area (TPSA) is 46.5 Å². The molecule has 1 N–H and O–H groups in total. The second-order valence-electron chi connectivity index (χ2n) is 7.73. The second kappa shape index (κ2) is 7.32. The van der Waals surface area contributed by atoms with Gasteiger partial charge in [-0.2, -0.15) is 0 Å². The number of rotatable bonds is 3. The van der Waals surface area contributed by atoms with Crippen LogP contribution in [0.3, 0.4) is 0 Å². The standard InChI is InChI=1S/C24H26O3/c1-27-20-12-10-19(11-13-20)24(26)15-14-18(16-17-6-3-2-4-7-17)21-8-5-9-22(25)23(21)24/h2-4,6-7,10-13,16,21,23,26H,5,8-9,14-15H2,1H3/b18-16+/t21-,23-,24+/m1/s1. The van der Waals surface area contributed by atoms with E-state index in [4.69, 9.17) is 4.74 Å². The van der Waals surface area contributed by atoms with Crippen LogP contribution in [0.5, 0.6) is 5.75 Å². The molecule has 0 amide bonds. The number of hydrogen-bond acceptors (Lipinski definition) is 3. The lowest BCUT2D eigenvalue weighted by Gasteiger charge is -2.47. The van der Waals surface area contributed by atoms with E-state index in [2.05, 4.69) is 18.2 Å². The van der Waals surface area contributed by atoms with Crippen LogP contribution < -0.4 is 4.74 Å². The molecule has 2 aromatic carbocycles. The fourth-order valence-corrected chi connectivity index (χ4v) is 4.86. The van der Waals surface area contributed by atoms with E-state index >= 15 is 0 Å². The van der Waals surface area contributed by atoms with E-state index in [-0.39, 0.29) is 17.6 Å². The maximum atomic E-state index is 12.9. The van der Waals surface area contributed by atoms with Crippen molar-refractivity contribution in [2.75, 3.05) is 7.11 Å². The summed E-state index contributed by atoms with van der Waals surface area (Å²) in [6.45, 7) is 0. The van der Waals surface area contributed by atoms with E-state index < -0.39 is 5.60 Å².